The molecule has 0 radical (unpaired) electrons. The molecule has 0 aromatic rings. The van der Waals surface area contributed by atoms with Gasteiger partial charge in [-0.3, -0.25) is 4.79 Å². The van der Waals surface area contributed by atoms with Crippen LogP contribution in [0, 0.1) is 16.7 Å². The van der Waals surface area contributed by atoms with Crippen molar-refractivity contribution in [3.05, 3.63) is 0 Å². The molecule has 0 aromatic carbocycles. The normalized spacial score (nSPS) is 39.2. The van der Waals surface area contributed by atoms with Gasteiger partial charge >= 0.3 is 12.1 Å². The van der Waals surface area contributed by atoms with Gasteiger partial charge in [0.05, 0.1) is 6.61 Å². The van der Waals surface area contributed by atoms with E-state index in [4.69, 9.17) is 0 Å². The largest absolute Gasteiger partial charge is 0.490 e. The smallest absolute Gasteiger partial charge is 0.458 e. The monoisotopic (exact) mass is 264 g/mol. The number of esters is 1. The molecule has 3 atom stereocenters. The fraction of sp³-hybridized carbons (Fsp3) is 0.833. The van der Waals surface area contributed by atoms with E-state index < -0.39 is 23.0 Å². The maximum atomic E-state index is 12.1. The zero-order valence-corrected chi connectivity index (χ0v) is 10.3. The van der Waals surface area contributed by atoms with Gasteiger partial charge in [-0.25, -0.2) is 4.79 Å². The molecule has 0 aliphatic heterocycles. The molecule has 2 rings (SSSR count). The number of alkyl halides is 3. The Hall–Kier alpha value is -1.07. The predicted molar refractivity (Wildman–Crippen MR) is 55.6 cm³/mol. The van der Waals surface area contributed by atoms with E-state index in [9.17, 15) is 22.8 Å². The number of hydrogen-bond acceptors (Lipinski definition) is 3. The minimum atomic E-state index is -4.97. The Balaban J connectivity index is 2.10. The van der Waals surface area contributed by atoms with Crippen LogP contribution in [0.15, 0.2) is 0 Å². The highest BCUT2D eigenvalue weighted by Crippen LogP contribution is 2.63. The SMILES string of the molecule is CC12CCC(CC1=O)C2(C)COC(=O)C(F)(F)F. The third kappa shape index (κ3) is 1.65. The summed E-state index contributed by atoms with van der Waals surface area (Å²) >= 11 is 0. The van der Waals surface area contributed by atoms with Gasteiger partial charge in [0.2, 0.25) is 0 Å². The Morgan fingerprint density at radius 1 is 1.44 bits per heavy atom. The molecular weight excluding hydrogens is 249 g/mol. The third-order valence-electron chi connectivity index (χ3n) is 4.94. The first-order valence-electron chi connectivity index (χ1n) is 5.88. The second kappa shape index (κ2) is 3.71. The minimum Gasteiger partial charge on any atom is -0.458 e. The van der Waals surface area contributed by atoms with Crippen molar-refractivity contribution in [1.82, 2.24) is 0 Å². The van der Waals surface area contributed by atoms with Gasteiger partial charge in [0, 0.05) is 17.3 Å². The molecule has 2 aliphatic rings. The van der Waals surface area contributed by atoms with Crippen molar-refractivity contribution in [1.29, 1.82) is 0 Å². The van der Waals surface area contributed by atoms with Crippen LogP contribution in [0.25, 0.3) is 0 Å². The number of carbonyl (C=O) groups excluding carboxylic acids is 2. The first-order valence-corrected chi connectivity index (χ1v) is 5.88. The summed E-state index contributed by atoms with van der Waals surface area (Å²) in [6.07, 6.45) is -3.12. The Morgan fingerprint density at radius 3 is 2.44 bits per heavy atom. The van der Waals surface area contributed by atoms with Crippen LogP contribution in [0.5, 0.6) is 0 Å². The number of rotatable bonds is 2. The van der Waals surface area contributed by atoms with Gasteiger partial charge in [-0.05, 0) is 18.8 Å². The summed E-state index contributed by atoms with van der Waals surface area (Å²) in [5.74, 6) is -2.08. The number of halogens is 3. The van der Waals surface area contributed by atoms with Crippen LogP contribution in [0.1, 0.15) is 33.1 Å². The number of Topliss-reactive ketones (excluding diaryl/α,β-unsaturated/α-hetero) is 1. The molecule has 0 amide bonds. The summed E-state index contributed by atoms with van der Waals surface area (Å²) in [5.41, 5.74) is -1.31. The molecule has 6 heteroatoms. The maximum absolute atomic E-state index is 12.1. The van der Waals surface area contributed by atoms with Crippen molar-refractivity contribution in [2.24, 2.45) is 16.7 Å². The van der Waals surface area contributed by atoms with Gasteiger partial charge < -0.3 is 4.74 Å². The van der Waals surface area contributed by atoms with E-state index in [1.165, 1.54) is 0 Å². The van der Waals surface area contributed by atoms with E-state index in [2.05, 4.69) is 4.74 Å². The molecule has 2 bridgehead atoms. The van der Waals surface area contributed by atoms with Gasteiger partial charge in [0.25, 0.3) is 0 Å². The van der Waals surface area contributed by atoms with Gasteiger partial charge in [-0.2, -0.15) is 13.2 Å². The Labute approximate surface area is 103 Å². The summed E-state index contributed by atoms with van der Waals surface area (Å²) in [6, 6.07) is 0. The standard InChI is InChI=1S/C12H15F3O3/c1-10-4-3-7(5-8(10)16)11(10,2)6-18-9(17)12(13,14)15/h7H,3-6H2,1-2H3. The van der Waals surface area contributed by atoms with E-state index in [0.29, 0.717) is 12.8 Å². The number of hydrogen-bond donors (Lipinski definition) is 0. The van der Waals surface area contributed by atoms with Gasteiger partial charge in [0.15, 0.2) is 0 Å². The maximum Gasteiger partial charge on any atom is 0.490 e. The lowest BCUT2D eigenvalue weighted by atomic mass is 9.69. The van der Waals surface area contributed by atoms with Gasteiger partial charge in [-0.15, -0.1) is 0 Å². The van der Waals surface area contributed by atoms with Crippen molar-refractivity contribution in [3.8, 4) is 0 Å². The van der Waals surface area contributed by atoms with Crippen LogP contribution in [0.3, 0.4) is 0 Å². The summed E-state index contributed by atoms with van der Waals surface area (Å²) in [7, 11) is 0. The van der Waals surface area contributed by atoms with Crippen molar-refractivity contribution in [2.75, 3.05) is 6.61 Å². The molecule has 0 saturated heterocycles. The highest BCUT2D eigenvalue weighted by molar-refractivity contribution is 5.89. The fourth-order valence-electron chi connectivity index (χ4n) is 3.33. The quantitative estimate of drug-likeness (QED) is 0.720. The third-order valence-corrected chi connectivity index (χ3v) is 4.94. The lowest BCUT2D eigenvalue weighted by molar-refractivity contribution is -0.204. The lowest BCUT2D eigenvalue weighted by Gasteiger charge is -2.35. The number of ketones is 1. The van der Waals surface area contributed by atoms with E-state index in [1.807, 2.05) is 0 Å². The average Bonchev–Trinajstić information content (AvgIpc) is 2.60. The van der Waals surface area contributed by atoms with E-state index in [1.54, 1.807) is 13.8 Å². The van der Waals surface area contributed by atoms with Gasteiger partial charge in [0.1, 0.15) is 5.78 Å². The Morgan fingerprint density at radius 2 is 2.06 bits per heavy atom. The molecular formula is C12H15F3O3. The number of fused-ring (bicyclic) bond motifs is 2. The van der Waals surface area contributed by atoms with Crippen molar-refractivity contribution in [2.45, 2.75) is 39.3 Å². The second-order valence-electron chi connectivity index (χ2n) is 5.69. The predicted octanol–water partition coefficient (Wildman–Crippen LogP) is 2.49. The molecule has 2 aliphatic carbocycles. The molecule has 2 saturated carbocycles. The Kier molecular flexibility index (Phi) is 2.76. The highest BCUT2D eigenvalue weighted by atomic mass is 19.4. The molecule has 3 unspecified atom stereocenters. The van der Waals surface area contributed by atoms with E-state index in [0.717, 1.165) is 6.42 Å². The second-order valence-corrected chi connectivity index (χ2v) is 5.69. The van der Waals surface area contributed by atoms with Crippen LogP contribution >= 0.6 is 0 Å². The zero-order valence-electron chi connectivity index (χ0n) is 10.3. The molecule has 0 N–H and O–H groups in total. The van der Waals surface area contributed by atoms with E-state index >= 15 is 0 Å². The first-order chi connectivity index (χ1) is 8.11. The molecule has 3 nitrogen and oxygen atoms in total. The lowest BCUT2D eigenvalue weighted by Crippen LogP contribution is -2.40. The van der Waals surface area contributed by atoms with Crippen LogP contribution in [0.2, 0.25) is 0 Å². The molecule has 18 heavy (non-hydrogen) atoms. The van der Waals surface area contributed by atoms with Crippen LogP contribution in [-0.4, -0.2) is 24.5 Å². The summed E-state index contributed by atoms with van der Waals surface area (Å²) in [6.45, 7) is 3.18. The van der Waals surface area contributed by atoms with Crippen LogP contribution in [-0.2, 0) is 14.3 Å². The molecule has 102 valence electrons. The number of carbonyl (C=O) groups is 2. The topological polar surface area (TPSA) is 43.4 Å². The van der Waals surface area contributed by atoms with Crippen molar-refractivity contribution < 1.29 is 27.5 Å². The van der Waals surface area contributed by atoms with Crippen LogP contribution < -0.4 is 0 Å². The first kappa shape index (κ1) is 13.4. The Bertz CT molecular complexity index is 404. The zero-order chi connectivity index (χ0) is 13.8. The summed E-state index contributed by atoms with van der Waals surface area (Å²) in [4.78, 5) is 22.6. The molecule has 2 fully saturated rings. The number of ether oxygens (including phenoxy) is 1. The van der Waals surface area contributed by atoms with E-state index in [-0.39, 0.29) is 18.3 Å². The fourth-order valence-corrected chi connectivity index (χ4v) is 3.33. The summed E-state index contributed by atoms with van der Waals surface area (Å²) in [5, 5.41) is 0. The van der Waals surface area contributed by atoms with Crippen molar-refractivity contribution >= 4 is 11.8 Å². The minimum absolute atomic E-state index is 0.0241. The highest BCUT2D eigenvalue weighted by Gasteiger charge is 2.64. The molecule has 0 aromatic heterocycles. The summed E-state index contributed by atoms with van der Waals surface area (Å²) < 4.78 is 40.6. The average molecular weight is 264 g/mol. The molecule has 0 heterocycles. The van der Waals surface area contributed by atoms with Crippen molar-refractivity contribution in [3.63, 3.8) is 0 Å². The molecule has 0 spiro atoms. The van der Waals surface area contributed by atoms with Gasteiger partial charge in [-0.1, -0.05) is 13.8 Å². The van der Waals surface area contributed by atoms with Crippen LogP contribution in [0.4, 0.5) is 13.2 Å².